The number of nitrogens with zero attached hydrogens (tertiary/aromatic N) is 3. The number of methoxy groups -OCH3 is 2. The number of alkyl carbamates (subject to hydrolysis) is 1. The van der Waals surface area contributed by atoms with E-state index in [1.807, 2.05) is 6.92 Å². The SMILES string of the molecule is CCc1cnc([C@@H]2CCCN2C(=O)[C@@](N)(NC(=O)OC)[C@](C)(N)OC)n1N. The molecule has 2 rings (SSSR count). The van der Waals surface area contributed by atoms with Crippen molar-refractivity contribution in [3.63, 3.8) is 0 Å². The summed E-state index contributed by atoms with van der Waals surface area (Å²) in [4.78, 5) is 31.1. The standard InChI is InChI=1S/C16H29N7O4/c1-5-10-9-20-12(23(10)19)11-7-6-8-22(11)13(24)16(18,15(2,17)27-4)21-14(25)26-3/h9,11H,5-8,17-19H2,1-4H3,(H,21,25)/t11-,15+,16+/m0/s1. The first-order valence-electron chi connectivity index (χ1n) is 8.74. The molecule has 0 saturated carbocycles. The predicted molar refractivity (Wildman–Crippen MR) is 97.5 cm³/mol. The van der Waals surface area contributed by atoms with Gasteiger partial charge >= 0.3 is 6.09 Å². The molecule has 0 radical (unpaired) electrons. The van der Waals surface area contributed by atoms with Gasteiger partial charge in [0.2, 0.25) is 5.66 Å². The van der Waals surface area contributed by atoms with Crippen LogP contribution >= 0.6 is 0 Å². The van der Waals surface area contributed by atoms with Gasteiger partial charge in [0.25, 0.3) is 5.91 Å². The van der Waals surface area contributed by atoms with Crippen molar-refractivity contribution in [3.8, 4) is 0 Å². The van der Waals surface area contributed by atoms with Gasteiger partial charge in [-0.25, -0.2) is 14.5 Å². The lowest BCUT2D eigenvalue weighted by atomic mass is 9.96. The van der Waals surface area contributed by atoms with Crippen molar-refractivity contribution in [3.05, 3.63) is 17.7 Å². The second-order valence-electron chi connectivity index (χ2n) is 6.72. The van der Waals surface area contributed by atoms with Crippen molar-refractivity contribution in [2.75, 3.05) is 26.6 Å². The van der Waals surface area contributed by atoms with Gasteiger partial charge in [0.05, 0.1) is 25.0 Å². The summed E-state index contributed by atoms with van der Waals surface area (Å²) in [5.41, 5.74) is 9.47. The number of rotatable bonds is 6. The number of hydrogen-bond acceptors (Lipinski definition) is 8. The molecule has 11 heteroatoms. The van der Waals surface area contributed by atoms with Crippen LogP contribution in [0, 0.1) is 0 Å². The van der Waals surface area contributed by atoms with Crippen molar-refractivity contribution < 1.29 is 19.1 Å². The maximum Gasteiger partial charge on any atom is 0.408 e. The number of amides is 2. The quantitative estimate of drug-likeness (QED) is 0.364. The number of likely N-dealkylation sites (tertiary alicyclic amines) is 1. The summed E-state index contributed by atoms with van der Waals surface area (Å²) in [5, 5.41) is 2.33. The highest BCUT2D eigenvalue weighted by molar-refractivity contribution is 5.91. The molecule has 0 bridgehead atoms. The van der Waals surface area contributed by atoms with E-state index in [0.29, 0.717) is 25.2 Å². The minimum atomic E-state index is -2.06. The molecular weight excluding hydrogens is 354 g/mol. The first-order chi connectivity index (χ1) is 12.6. The molecule has 0 aromatic carbocycles. The smallest absolute Gasteiger partial charge is 0.408 e. The van der Waals surface area contributed by atoms with Crippen LogP contribution in [0.25, 0.3) is 0 Å². The van der Waals surface area contributed by atoms with Crippen molar-refractivity contribution in [2.45, 2.75) is 50.5 Å². The van der Waals surface area contributed by atoms with Crippen LogP contribution in [-0.4, -0.2) is 58.7 Å². The van der Waals surface area contributed by atoms with Gasteiger partial charge in [-0.05, 0) is 26.2 Å². The third-order valence-corrected chi connectivity index (χ3v) is 5.11. The Bertz CT molecular complexity index is 705. The summed E-state index contributed by atoms with van der Waals surface area (Å²) in [7, 11) is 2.46. The van der Waals surface area contributed by atoms with Crippen LogP contribution in [0.5, 0.6) is 0 Å². The van der Waals surface area contributed by atoms with Crippen LogP contribution in [-0.2, 0) is 20.7 Å². The Morgan fingerprint density at radius 1 is 1.41 bits per heavy atom. The van der Waals surface area contributed by atoms with Crippen LogP contribution in [0.15, 0.2) is 6.20 Å². The molecule has 1 saturated heterocycles. The maximum absolute atomic E-state index is 13.4. The fourth-order valence-electron chi connectivity index (χ4n) is 3.19. The van der Waals surface area contributed by atoms with Crippen LogP contribution in [0.1, 0.15) is 44.2 Å². The molecule has 11 nitrogen and oxygen atoms in total. The highest BCUT2D eigenvalue weighted by atomic mass is 16.5. The number of aromatic nitrogens is 2. The molecule has 2 heterocycles. The molecule has 1 fully saturated rings. The molecule has 1 aliphatic heterocycles. The monoisotopic (exact) mass is 383 g/mol. The lowest BCUT2D eigenvalue weighted by molar-refractivity contribution is -0.154. The van der Waals surface area contributed by atoms with E-state index in [1.54, 1.807) is 6.20 Å². The molecule has 1 aliphatic rings. The van der Waals surface area contributed by atoms with Crippen molar-refractivity contribution in [1.29, 1.82) is 0 Å². The number of hydrogen-bond donors (Lipinski definition) is 4. The van der Waals surface area contributed by atoms with Gasteiger partial charge in [0.15, 0.2) is 5.72 Å². The summed E-state index contributed by atoms with van der Waals surface area (Å²) in [6.07, 6.45) is 2.88. The second kappa shape index (κ2) is 7.71. The number of nitrogens with one attached hydrogen (secondary N) is 1. The average Bonchev–Trinajstić information content (AvgIpc) is 3.26. The fourth-order valence-corrected chi connectivity index (χ4v) is 3.19. The molecule has 2 amide bonds. The maximum atomic E-state index is 13.4. The zero-order valence-electron chi connectivity index (χ0n) is 16.2. The number of ether oxygens (including phenoxy) is 2. The van der Waals surface area contributed by atoms with E-state index in [4.69, 9.17) is 22.0 Å². The number of nitrogen functional groups attached to an aromatic ring is 1. The van der Waals surface area contributed by atoms with E-state index in [2.05, 4.69) is 15.0 Å². The van der Waals surface area contributed by atoms with Crippen LogP contribution < -0.4 is 22.6 Å². The Labute approximate surface area is 158 Å². The molecule has 0 spiro atoms. The third-order valence-electron chi connectivity index (χ3n) is 5.11. The molecule has 7 N–H and O–H groups in total. The Balaban J connectivity index is 2.40. The summed E-state index contributed by atoms with van der Waals surface area (Å²) in [6.45, 7) is 3.79. The van der Waals surface area contributed by atoms with E-state index < -0.39 is 29.4 Å². The van der Waals surface area contributed by atoms with Crippen molar-refractivity contribution >= 4 is 12.0 Å². The normalized spacial score (nSPS) is 21.4. The number of nitrogens with two attached hydrogens (primary N) is 3. The first-order valence-corrected chi connectivity index (χ1v) is 8.74. The number of imidazole rings is 1. The van der Waals surface area contributed by atoms with E-state index >= 15 is 0 Å². The molecular formula is C16H29N7O4. The number of aryl methyl sites for hydroxylation is 1. The van der Waals surface area contributed by atoms with Gasteiger partial charge in [-0.3, -0.25) is 15.8 Å². The van der Waals surface area contributed by atoms with E-state index in [1.165, 1.54) is 23.6 Å². The Hall–Kier alpha value is -2.37. The zero-order valence-corrected chi connectivity index (χ0v) is 16.2. The summed E-state index contributed by atoms with van der Waals surface area (Å²) < 4.78 is 11.3. The van der Waals surface area contributed by atoms with E-state index in [-0.39, 0.29) is 0 Å². The number of carbonyl (C=O) groups is 2. The molecule has 1 aromatic rings. The average molecular weight is 383 g/mol. The Morgan fingerprint density at radius 3 is 2.59 bits per heavy atom. The molecule has 1 aromatic heterocycles. The molecule has 0 unspecified atom stereocenters. The van der Waals surface area contributed by atoms with Gasteiger partial charge in [0.1, 0.15) is 5.82 Å². The van der Waals surface area contributed by atoms with E-state index in [9.17, 15) is 9.59 Å². The topological polar surface area (TPSA) is 164 Å². The minimum absolute atomic E-state index is 0.391. The van der Waals surface area contributed by atoms with Crippen LogP contribution in [0.3, 0.4) is 0 Å². The van der Waals surface area contributed by atoms with Gasteiger partial charge in [-0.2, -0.15) is 0 Å². The van der Waals surface area contributed by atoms with Crippen molar-refractivity contribution in [1.82, 2.24) is 19.9 Å². The highest BCUT2D eigenvalue weighted by Gasteiger charge is 2.55. The van der Waals surface area contributed by atoms with Gasteiger partial charge in [0, 0.05) is 13.7 Å². The third kappa shape index (κ3) is 3.57. The summed E-state index contributed by atoms with van der Waals surface area (Å²) >= 11 is 0. The fraction of sp³-hybridized carbons (Fsp3) is 0.688. The molecule has 27 heavy (non-hydrogen) atoms. The Morgan fingerprint density at radius 2 is 2.07 bits per heavy atom. The lowest BCUT2D eigenvalue weighted by Gasteiger charge is -2.43. The van der Waals surface area contributed by atoms with E-state index in [0.717, 1.165) is 19.2 Å². The minimum Gasteiger partial charge on any atom is -0.453 e. The van der Waals surface area contributed by atoms with Gasteiger partial charge in [-0.1, -0.05) is 6.92 Å². The number of carbonyl (C=O) groups excluding carboxylic acids is 2. The Kier molecular flexibility index (Phi) is 5.97. The molecule has 152 valence electrons. The van der Waals surface area contributed by atoms with Gasteiger partial charge < -0.3 is 25.9 Å². The predicted octanol–water partition coefficient (Wildman–Crippen LogP) is -0.845. The van der Waals surface area contributed by atoms with Crippen LogP contribution in [0.2, 0.25) is 0 Å². The summed E-state index contributed by atoms with van der Waals surface area (Å²) in [6, 6.07) is -0.391. The van der Waals surface area contributed by atoms with Crippen LogP contribution in [0.4, 0.5) is 4.79 Å². The largest absolute Gasteiger partial charge is 0.453 e. The first kappa shape index (κ1) is 20.9. The lowest BCUT2D eigenvalue weighted by Crippen LogP contribution is -2.79. The van der Waals surface area contributed by atoms with Crippen molar-refractivity contribution in [2.24, 2.45) is 11.5 Å². The highest BCUT2D eigenvalue weighted by Crippen LogP contribution is 2.34. The zero-order chi connectivity index (χ0) is 20.4. The molecule has 0 aliphatic carbocycles. The molecule has 3 atom stereocenters. The van der Waals surface area contributed by atoms with Gasteiger partial charge in [-0.15, -0.1) is 0 Å². The second-order valence-corrected chi connectivity index (χ2v) is 6.72. The summed E-state index contributed by atoms with van der Waals surface area (Å²) in [5.74, 6) is 6.07.